The molecule has 1 saturated carbocycles. The van der Waals surface area contributed by atoms with Crippen LogP contribution in [0.4, 0.5) is 11.4 Å². The lowest BCUT2D eigenvalue weighted by molar-refractivity contribution is -0.125. The van der Waals surface area contributed by atoms with Crippen molar-refractivity contribution in [3.63, 3.8) is 0 Å². The fourth-order valence-corrected chi connectivity index (χ4v) is 4.40. The van der Waals surface area contributed by atoms with E-state index >= 15 is 0 Å². The van der Waals surface area contributed by atoms with Crippen LogP contribution in [-0.4, -0.2) is 35.7 Å². The molecule has 4 N–H and O–H groups in total. The van der Waals surface area contributed by atoms with Crippen molar-refractivity contribution in [2.24, 2.45) is 11.8 Å². The van der Waals surface area contributed by atoms with Crippen LogP contribution in [0.3, 0.4) is 0 Å². The van der Waals surface area contributed by atoms with Gasteiger partial charge in [-0.15, -0.1) is 0 Å². The van der Waals surface area contributed by atoms with Crippen LogP contribution in [0.15, 0.2) is 48.5 Å². The van der Waals surface area contributed by atoms with Gasteiger partial charge in [0.1, 0.15) is 0 Å². The Kier molecular flexibility index (Phi) is 10.4. The van der Waals surface area contributed by atoms with Gasteiger partial charge in [-0.2, -0.15) is 0 Å². The molecule has 1 fully saturated rings. The van der Waals surface area contributed by atoms with Gasteiger partial charge in [0.05, 0.1) is 0 Å². The molecule has 0 radical (unpaired) electrons. The zero-order valence-corrected chi connectivity index (χ0v) is 22.8. The van der Waals surface area contributed by atoms with E-state index in [2.05, 4.69) is 21.3 Å². The van der Waals surface area contributed by atoms with Gasteiger partial charge in [0.2, 0.25) is 11.8 Å². The van der Waals surface area contributed by atoms with E-state index in [0.29, 0.717) is 48.2 Å². The Bertz CT molecular complexity index is 1050. The molecule has 8 nitrogen and oxygen atoms in total. The molecule has 2 aromatic carbocycles. The molecule has 0 aromatic heterocycles. The Balaban J connectivity index is 1.50. The van der Waals surface area contributed by atoms with Crippen molar-refractivity contribution in [1.82, 2.24) is 10.6 Å². The van der Waals surface area contributed by atoms with Gasteiger partial charge in [-0.25, -0.2) is 0 Å². The van der Waals surface area contributed by atoms with Gasteiger partial charge in [-0.3, -0.25) is 19.2 Å². The quantitative estimate of drug-likeness (QED) is 0.348. The molecular formula is C30H40N4O4. The molecule has 38 heavy (non-hydrogen) atoms. The third kappa shape index (κ3) is 8.16. The highest BCUT2D eigenvalue weighted by Gasteiger charge is 2.30. The fraction of sp³-hybridized carbons (Fsp3) is 0.467. The monoisotopic (exact) mass is 520 g/mol. The lowest BCUT2D eigenvalue weighted by Gasteiger charge is -2.27. The molecule has 0 bridgehead atoms. The highest BCUT2D eigenvalue weighted by atomic mass is 16.2. The number of amides is 4. The summed E-state index contributed by atoms with van der Waals surface area (Å²) in [5.41, 5.74) is 2.18. The molecule has 1 aliphatic carbocycles. The molecule has 2 unspecified atom stereocenters. The van der Waals surface area contributed by atoms with E-state index in [4.69, 9.17) is 0 Å². The van der Waals surface area contributed by atoms with Gasteiger partial charge in [-0.1, -0.05) is 26.0 Å². The van der Waals surface area contributed by atoms with Crippen molar-refractivity contribution in [1.29, 1.82) is 0 Å². The maximum atomic E-state index is 12.9. The summed E-state index contributed by atoms with van der Waals surface area (Å²) in [7, 11) is 0. The number of carbonyl (C=O) groups excluding carboxylic acids is 4. The molecule has 3 rings (SSSR count). The van der Waals surface area contributed by atoms with E-state index in [1.54, 1.807) is 48.5 Å². The maximum Gasteiger partial charge on any atom is 0.251 e. The first kappa shape index (κ1) is 28.9. The Morgan fingerprint density at radius 1 is 0.684 bits per heavy atom. The summed E-state index contributed by atoms with van der Waals surface area (Å²) >= 11 is 0. The standard InChI is InChI=1S/C30H40N4O4/c1-5-19(3)31-29(37)23-9-7-11-25(17-23)33-27(35)21-13-15-22(16-14-21)28(36)34-26-12-8-10-24(18-26)30(38)32-20(4)6-2/h7-12,17-22H,5-6,13-16H2,1-4H3,(H,31,37)(H,32,38)(H,33,35)(H,34,36). The Hall–Kier alpha value is -3.68. The van der Waals surface area contributed by atoms with Crippen molar-refractivity contribution < 1.29 is 19.2 Å². The minimum absolute atomic E-state index is 0.0752. The van der Waals surface area contributed by atoms with Crippen LogP contribution in [0.5, 0.6) is 0 Å². The smallest absolute Gasteiger partial charge is 0.251 e. The molecule has 0 saturated heterocycles. The molecule has 0 aliphatic heterocycles. The van der Waals surface area contributed by atoms with Crippen molar-refractivity contribution in [3.05, 3.63) is 59.7 Å². The van der Waals surface area contributed by atoms with E-state index < -0.39 is 0 Å². The molecule has 2 aromatic rings. The Morgan fingerprint density at radius 2 is 1.05 bits per heavy atom. The van der Waals surface area contributed by atoms with E-state index in [0.717, 1.165) is 12.8 Å². The van der Waals surface area contributed by atoms with E-state index in [1.807, 2.05) is 27.7 Å². The second-order valence-corrected chi connectivity index (χ2v) is 10.3. The third-order valence-electron chi connectivity index (χ3n) is 7.23. The summed E-state index contributed by atoms with van der Waals surface area (Å²) in [5.74, 6) is -0.896. The Labute approximate surface area is 225 Å². The van der Waals surface area contributed by atoms with E-state index in [9.17, 15) is 19.2 Å². The van der Waals surface area contributed by atoms with Crippen LogP contribution in [0.1, 0.15) is 86.9 Å². The fourth-order valence-electron chi connectivity index (χ4n) is 4.40. The van der Waals surface area contributed by atoms with Crippen LogP contribution in [0.2, 0.25) is 0 Å². The van der Waals surface area contributed by atoms with E-state index in [1.165, 1.54) is 0 Å². The van der Waals surface area contributed by atoms with Crippen LogP contribution in [0, 0.1) is 11.8 Å². The molecule has 1 aliphatic rings. The van der Waals surface area contributed by atoms with Gasteiger partial charge in [0.25, 0.3) is 11.8 Å². The number of hydrogen-bond donors (Lipinski definition) is 4. The molecule has 2 atom stereocenters. The normalized spacial score (nSPS) is 18.5. The van der Waals surface area contributed by atoms with Crippen LogP contribution >= 0.6 is 0 Å². The van der Waals surface area contributed by atoms with Crippen LogP contribution < -0.4 is 21.3 Å². The zero-order valence-electron chi connectivity index (χ0n) is 22.8. The summed E-state index contributed by atoms with van der Waals surface area (Å²) < 4.78 is 0. The highest BCUT2D eigenvalue weighted by molar-refractivity contribution is 5.99. The van der Waals surface area contributed by atoms with Gasteiger partial charge in [0.15, 0.2) is 0 Å². The average Bonchev–Trinajstić information content (AvgIpc) is 2.93. The third-order valence-corrected chi connectivity index (χ3v) is 7.23. The number of hydrogen-bond acceptors (Lipinski definition) is 4. The molecule has 0 heterocycles. The van der Waals surface area contributed by atoms with Gasteiger partial charge in [0, 0.05) is 46.4 Å². The minimum atomic E-state index is -0.191. The van der Waals surface area contributed by atoms with Crippen molar-refractivity contribution in [2.75, 3.05) is 10.6 Å². The predicted molar refractivity (Wildman–Crippen MR) is 150 cm³/mol. The lowest BCUT2D eigenvalue weighted by atomic mass is 9.81. The SMILES string of the molecule is CCC(C)NC(=O)c1cccc(NC(=O)C2CCC(C(=O)Nc3cccc(C(=O)NC(C)CC)c3)CC2)c1. The average molecular weight is 521 g/mol. The zero-order chi connectivity index (χ0) is 27.7. The minimum Gasteiger partial charge on any atom is -0.350 e. The van der Waals surface area contributed by atoms with Crippen LogP contribution in [-0.2, 0) is 9.59 Å². The second-order valence-electron chi connectivity index (χ2n) is 10.3. The number of benzene rings is 2. The number of anilines is 2. The number of rotatable bonds is 10. The summed E-state index contributed by atoms with van der Waals surface area (Å²) in [6.07, 6.45) is 4.10. The molecule has 204 valence electrons. The maximum absolute atomic E-state index is 12.9. The first-order valence-electron chi connectivity index (χ1n) is 13.6. The molecular weight excluding hydrogens is 480 g/mol. The first-order chi connectivity index (χ1) is 18.2. The summed E-state index contributed by atoms with van der Waals surface area (Å²) in [4.78, 5) is 50.6. The summed E-state index contributed by atoms with van der Waals surface area (Å²) in [6.45, 7) is 7.91. The first-order valence-corrected chi connectivity index (χ1v) is 13.6. The van der Waals surface area contributed by atoms with Gasteiger partial charge < -0.3 is 21.3 Å². The summed E-state index contributed by atoms with van der Waals surface area (Å²) in [6, 6.07) is 14.0. The largest absolute Gasteiger partial charge is 0.350 e. The van der Waals surface area contributed by atoms with Crippen LogP contribution in [0.25, 0.3) is 0 Å². The Morgan fingerprint density at radius 3 is 1.39 bits per heavy atom. The topological polar surface area (TPSA) is 116 Å². The number of carbonyl (C=O) groups is 4. The second kappa shape index (κ2) is 13.7. The van der Waals surface area contributed by atoms with Crippen molar-refractivity contribution in [3.8, 4) is 0 Å². The van der Waals surface area contributed by atoms with Gasteiger partial charge in [-0.05, 0) is 88.8 Å². The van der Waals surface area contributed by atoms with Gasteiger partial charge >= 0.3 is 0 Å². The highest BCUT2D eigenvalue weighted by Crippen LogP contribution is 2.31. The van der Waals surface area contributed by atoms with Crippen molar-refractivity contribution >= 4 is 35.0 Å². The number of nitrogens with one attached hydrogen (secondary N) is 4. The van der Waals surface area contributed by atoms with E-state index in [-0.39, 0.29) is 47.5 Å². The van der Waals surface area contributed by atoms with Crippen molar-refractivity contribution in [2.45, 2.75) is 78.3 Å². The molecule has 0 spiro atoms. The molecule has 4 amide bonds. The predicted octanol–water partition coefficient (Wildman–Crippen LogP) is 5.13. The molecule has 8 heteroatoms. The summed E-state index contributed by atoms with van der Waals surface area (Å²) in [5, 5.41) is 11.7. The lowest BCUT2D eigenvalue weighted by Crippen LogP contribution is -2.33.